The Morgan fingerprint density at radius 1 is 1.16 bits per heavy atom. The second kappa shape index (κ2) is 8.70. The van der Waals surface area contributed by atoms with Gasteiger partial charge >= 0.3 is 0 Å². The first-order valence-electron chi connectivity index (χ1n) is 12.3. The Balaban J connectivity index is 1.75. The molecular formula is C28H28N2O8. The summed E-state index contributed by atoms with van der Waals surface area (Å²) in [6, 6.07) is 4.72. The zero-order valence-corrected chi connectivity index (χ0v) is 21.1. The SMILES string of the molecule is COc1ccncc1-c1ccc(O)c2c1C[C@H]1C[C@H]3[C@H](C(C)C)C(=O)C(C(N)=O)=C(O)[C@@]3(O)C(=O)C1=C2O. The summed E-state index contributed by atoms with van der Waals surface area (Å²) in [5.41, 5.74) is 3.53. The predicted octanol–water partition coefficient (Wildman–Crippen LogP) is 2.38. The van der Waals surface area contributed by atoms with Gasteiger partial charge in [-0.1, -0.05) is 19.9 Å². The van der Waals surface area contributed by atoms with Crippen molar-refractivity contribution in [2.45, 2.75) is 32.3 Å². The third-order valence-electron chi connectivity index (χ3n) is 8.14. The molecule has 3 aliphatic rings. The topological polar surface area (TPSA) is 180 Å². The molecule has 10 nitrogen and oxygen atoms in total. The van der Waals surface area contributed by atoms with Crippen LogP contribution >= 0.6 is 0 Å². The number of amides is 1. The van der Waals surface area contributed by atoms with Crippen LogP contribution in [0.4, 0.5) is 0 Å². The number of aliphatic hydroxyl groups excluding tert-OH is 2. The molecule has 0 bridgehead atoms. The molecule has 0 saturated heterocycles. The van der Waals surface area contributed by atoms with Gasteiger partial charge in [0.25, 0.3) is 5.91 Å². The number of fused-ring (bicyclic) bond motifs is 3. The van der Waals surface area contributed by atoms with Crippen LogP contribution in [-0.4, -0.2) is 55.6 Å². The number of hydrogen-bond acceptors (Lipinski definition) is 9. The van der Waals surface area contributed by atoms with Crippen LogP contribution in [0.1, 0.15) is 31.4 Å². The molecule has 1 amide bonds. The summed E-state index contributed by atoms with van der Waals surface area (Å²) in [6.07, 6.45) is 3.39. The molecule has 2 aromatic rings. The van der Waals surface area contributed by atoms with E-state index in [1.807, 2.05) is 0 Å². The summed E-state index contributed by atoms with van der Waals surface area (Å²) in [7, 11) is 1.51. The van der Waals surface area contributed by atoms with Crippen molar-refractivity contribution in [1.82, 2.24) is 4.98 Å². The van der Waals surface area contributed by atoms with Gasteiger partial charge in [-0.25, -0.2) is 0 Å². The first-order valence-corrected chi connectivity index (χ1v) is 12.3. The van der Waals surface area contributed by atoms with Crippen molar-refractivity contribution in [2.75, 3.05) is 7.11 Å². The molecule has 198 valence electrons. The van der Waals surface area contributed by atoms with Crippen LogP contribution in [0.15, 0.2) is 47.5 Å². The second-order valence-corrected chi connectivity index (χ2v) is 10.4. The minimum absolute atomic E-state index is 0.0148. The van der Waals surface area contributed by atoms with E-state index >= 15 is 0 Å². The Morgan fingerprint density at radius 3 is 2.50 bits per heavy atom. The summed E-state index contributed by atoms with van der Waals surface area (Å²) >= 11 is 0. The minimum Gasteiger partial charge on any atom is -0.508 e. The summed E-state index contributed by atoms with van der Waals surface area (Å²) in [4.78, 5) is 43.4. The normalized spacial score (nSPS) is 26.7. The van der Waals surface area contributed by atoms with E-state index in [4.69, 9.17) is 10.5 Å². The lowest BCUT2D eigenvalue weighted by Crippen LogP contribution is -2.62. The molecule has 10 heteroatoms. The number of carbonyl (C=O) groups excluding carboxylic acids is 3. The van der Waals surface area contributed by atoms with Crippen LogP contribution < -0.4 is 10.5 Å². The first-order chi connectivity index (χ1) is 17.9. The number of methoxy groups -OCH3 is 1. The lowest BCUT2D eigenvalue weighted by molar-refractivity contribution is -0.155. The molecule has 0 aliphatic heterocycles. The van der Waals surface area contributed by atoms with Gasteiger partial charge in [0.1, 0.15) is 28.6 Å². The molecule has 1 saturated carbocycles. The van der Waals surface area contributed by atoms with Gasteiger partial charge in [0.15, 0.2) is 11.4 Å². The highest BCUT2D eigenvalue weighted by Crippen LogP contribution is 2.55. The highest BCUT2D eigenvalue weighted by Gasteiger charge is 2.64. The van der Waals surface area contributed by atoms with Crippen molar-refractivity contribution >= 4 is 23.2 Å². The number of pyridine rings is 1. The lowest BCUT2D eigenvalue weighted by atomic mass is 9.54. The van der Waals surface area contributed by atoms with Crippen molar-refractivity contribution in [3.05, 3.63) is 58.6 Å². The number of aromatic nitrogens is 1. The minimum atomic E-state index is -2.63. The van der Waals surface area contributed by atoms with Crippen LogP contribution in [0.25, 0.3) is 16.9 Å². The number of ketones is 2. The monoisotopic (exact) mass is 520 g/mol. The zero-order valence-electron chi connectivity index (χ0n) is 21.1. The number of ether oxygens (including phenoxy) is 1. The Kier molecular flexibility index (Phi) is 5.83. The highest BCUT2D eigenvalue weighted by atomic mass is 16.5. The van der Waals surface area contributed by atoms with E-state index in [9.17, 15) is 34.8 Å². The number of Topliss-reactive ketones (excluding diaryl/α,β-unsaturated/α-hetero) is 2. The lowest BCUT2D eigenvalue weighted by Gasteiger charge is -2.50. The number of phenolic OH excluding ortho intramolecular Hbond substituents is 1. The van der Waals surface area contributed by atoms with E-state index in [2.05, 4.69) is 4.98 Å². The third kappa shape index (κ3) is 3.29. The highest BCUT2D eigenvalue weighted by molar-refractivity contribution is 6.23. The molecule has 1 aromatic carbocycles. The maximum absolute atomic E-state index is 13.9. The maximum Gasteiger partial charge on any atom is 0.255 e. The summed E-state index contributed by atoms with van der Waals surface area (Å²) < 4.78 is 5.48. The Hall–Kier alpha value is -4.18. The van der Waals surface area contributed by atoms with E-state index in [-0.39, 0.29) is 29.7 Å². The predicted molar refractivity (Wildman–Crippen MR) is 135 cm³/mol. The first kappa shape index (κ1) is 25.5. The molecule has 4 atom stereocenters. The molecule has 6 N–H and O–H groups in total. The molecule has 0 spiro atoms. The number of phenols is 1. The van der Waals surface area contributed by atoms with Crippen molar-refractivity contribution in [3.63, 3.8) is 0 Å². The fourth-order valence-electron chi connectivity index (χ4n) is 6.50. The van der Waals surface area contributed by atoms with Crippen LogP contribution in [0.3, 0.4) is 0 Å². The van der Waals surface area contributed by atoms with Gasteiger partial charge in [-0.15, -0.1) is 0 Å². The standard InChI is InChI=1S/C28H28N2O8/c1-11(2)19-16-9-12-8-14-13(15-10-30-7-6-18(15)38-3)4-5-17(31)21(14)24(33)20(12)25(34)28(16,37)26(35)22(23(19)32)27(29)36/h4-7,10-12,16,19,31,33,35,37H,8-9H2,1-3H3,(H2,29,36)/t12-,16-,19-,28-/m0/s1. The number of carbonyl (C=O) groups is 3. The van der Waals surface area contributed by atoms with Gasteiger partial charge in [0.05, 0.1) is 12.7 Å². The Bertz CT molecular complexity index is 1470. The molecule has 0 unspecified atom stereocenters. The van der Waals surface area contributed by atoms with E-state index in [1.165, 1.54) is 13.2 Å². The van der Waals surface area contributed by atoms with Gasteiger partial charge in [-0.3, -0.25) is 19.4 Å². The fourth-order valence-corrected chi connectivity index (χ4v) is 6.50. The molecule has 1 aromatic heterocycles. The van der Waals surface area contributed by atoms with Gasteiger partial charge in [-0.2, -0.15) is 0 Å². The van der Waals surface area contributed by atoms with Crippen molar-refractivity contribution < 1.29 is 39.5 Å². The average Bonchev–Trinajstić information content (AvgIpc) is 2.86. The van der Waals surface area contributed by atoms with E-state index < -0.39 is 63.8 Å². The molecule has 38 heavy (non-hydrogen) atoms. The summed E-state index contributed by atoms with van der Waals surface area (Å²) in [5.74, 6) is -7.50. The van der Waals surface area contributed by atoms with Crippen molar-refractivity contribution in [1.29, 1.82) is 0 Å². The number of nitrogens with zero attached hydrogens (tertiary/aromatic N) is 1. The number of benzene rings is 1. The number of aromatic hydroxyl groups is 1. The fraction of sp³-hybridized carbons (Fsp3) is 0.357. The summed E-state index contributed by atoms with van der Waals surface area (Å²) in [5, 5.41) is 44.8. The van der Waals surface area contributed by atoms with Crippen molar-refractivity contribution in [3.8, 4) is 22.6 Å². The van der Waals surface area contributed by atoms with Gasteiger partial charge in [0.2, 0.25) is 5.78 Å². The average molecular weight is 521 g/mol. The molecule has 0 radical (unpaired) electrons. The third-order valence-corrected chi connectivity index (χ3v) is 8.14. The quantitative estimate of drug-likeness (QED) is 0.378. The van der Waals surface area contributed by atoms with Gasteiger partial charge in [0, 0.05) is 35.4 Å². The smallest absolute Gasteiger partial charge is 0.255 e. The van der Waals surface area contributed by atoms with Crippen LogP contribution in [0.2, 0.25) is 0 Å². The zero-order chi connectivity index (χ0) is 27.7. The number of hydrogen-bond donors (Lipinski definition) is 5. The maximum atomic E-state index is 13.9. The Morgan fingerprint density at radius 2 is 1.87 bits per heavy atom. The molecular weight excluding hydrogens is 492 g/mol. The van der Waals surface area contributed by atoms with Crippen molar-refractivity contribution in [2.24, 2.45) is 29.4 Å². The van der Waals surface area contributed by atoms with Crippen LogP contribution in [0, 0.1) is 23.7 Å². The summed E-state index contributed by atoms with van der Waals surface area (Å²) in [6.45, 7) is 3.44. The Labute approximate surface area is 218 Å². The molecule has 1 fully saturated rings. The molecule has 1 heterocycles. The largest absolute Gasteiger partial charge is 0.508 e. The van der Waals surface area contributed by atoms with E-state index in [0.717, 1.165) is 0 Å². The second-order valence-electron chi connectivity index (χ2n) is 10.4. The number of aliphatic hydroxyl groups is 3. The van der Waals surface area contributed by atoms with Crippen LogP contribution in [0.5, 0.6) is 11.5 Å². The van der Waals surface area contributed by atoms with Crippen LogP contribution in [-0.2, 0) is 20.8 Å². The van der Waals surface area contributed by atoms with Gasteiger partial charge in [-0.05, 0) is 47.9 Å². The molecule has 5 rings (SSSR count). The number of nitrogens with two attached hydrogens (primary N) is 1. The molecule has 3 aliphatic carbocycles. The van der Waals surface area contributed by atoms with E-state index in [0.29, 0.717) is 22.4 Å². The number of primary amides is 1. The van der Waals surface area contributed by atoms with E-state index in [1.54, 1.807) is 38.4 Å². The number of rotatable bonds is 4. The van der Waals surface area contributed by atoms with Gasteiger partial charge < -0.3 is 30.9 Å².